The van der Waals surface area contributed by atoms with Gasteiger partial charge in [-0.25, -0.2) is 4.98 Å². The average molecular weight is 410 g/mol. The lowest BCUT2D eigenvalue weighted by molar-refractivity contribution is -0.121. The number of nitrogens with one attached hydrogen (secondary N) is 1. The summed E-state index contributed by atoms with van der Waals surface area (Å²) >= 11 is 1.60. The molecule has 0 fully saturated rings. The largest absolute Gasteiger partial charge is 0.496 e. The molecule has 152 valence electrons. The van der Waals surface area contributed by atoms with Crippen molar-refractivity contribution in [3.05, 3.63) is 65.7 Å². The molecule has 0 spiro atoms. The number of thiazole rings is 1. The van der Waals surface area contributed by atoms with Gasteiger partial charge in [0.2, 0.25) is 5.91 Å². The van der Waals surface area contributed by atoms with Crippen molar-refractivity contribution in [2.75, 3.05) is 19.0 Å². The lowest BCUT2D eigenvalue weighted by Crippen LogP contribution is -2.42. The lowest BCUT2D eigenvalue weighted by Gasteiger charge is -2.27. The molecule has 0 saturated carbocycles. The molecule has 0 saturated heterocycles. The van der Waals surface area contributed by atoms with Crippen LogP contribution in [-0.2, 0) is 11.3 Å². The number of amides is 1. The van der Waals surface area contributed by atoms with Gasteiger partial charge in [-0.05, 0) is 44.2 Å². The first kappa shape index (κ1) is 21.0. The summed E-state index contributed by atoms with van der Waals surface area (Å²) in [6.07, 6.45) is 0.965. The van der Waals surface area contributed by atoms with Gasteiger partial charge in [0.15, 0.2) is 0 Å². The van der Waals surface area contributed by atoms with Crippen LogP contribution in [0.25, 0.3) is 10.6 Å². The van der Waals surface area contributed by atoms with Crippen molar-refractivity contribution in [1.82, 2.24) is 9.88 Å². The van der Waals surface area contributed by atoms with E-state index in [1.807, 2.05) is 61.5 Å². The maximum atomic E-state index is 12.7. The van der Waals surface area contributed by atoms with Gasteiger partial charge in [0.1, 0.15) is 10.8 Å². The summed E-state index contributed by atoms with van der Waals surface area (Å²) < 4.78 is 5.46. The summed E-state index contributed by atoms with van der Waals surface area (Å²) in [5, 5.41) is 5.99. The van der Waals surface area contributed by atoms with Crippen LogP contribution in [0.15, 0.2) is 60.0 Å². The molecule has 0 aliphatic carbocycles. The minimum absolute atomic E-state index is 0.00942. The Labute approximate surface area is 176 Å². The molecule has 29 heavy (non-hydrogen) atoms. The van der Waals surface area contributed by atoms with E-state index in [0.717, 1.165) is 40.7 Å². The van der Waals surface area contributed by atoms with Crippen LogP contribution in [0, 0.1) is 0 Å². The molecule has 0 radical (unpaired) electrons. The van der Waals surface area contributed by atoms with Crippen molar-refractivity contribution < 1.29 is 9.53 Å². The van der Waals surface area contributed by atoms with Gasteiger partial charge >= 0.3 is 0 Å². The Bertz CT molecular complexity index is 927. The Kier molecular flexibility index (Phi) is 7.38. The number of ether oxygens (including phenoxy) is 1. The van der Waals surface area contributed by atoms with E-state index in [1.165, 1.54) is 0 Å². The van der Waals surface area contributed by atoms with E-state index in [1.54, 1.807) is 18.4 Å². The van der Waals surface area contributed by atoms with Gasteiger partial charge in [0.05, 0.1) is 24.4 Å². The highest BCUT2D eigenvalue weighted by Gasteiger charge is 2.22. The molecule has 1 atom stereocenters. The average Bonchev–Trinajstić information content (AvgIpc) is 3.22. The summed E-state index contributed by atoms with van der Waals surface area (Å²) in [6, 6.07) is 17.2. The third-order valence-electron chi connectivity index (χ3n) is 4.73. The summed E-state index contributed by atoms with van der Waals surface area (Å²) in [5.74, 6) is 0.805. The van der Waals surface area contributed by atoms with E-state index in [4.69, 9.17) is 9.72 Å². The molecule has 2 aromatic carbocycles. The van der Waals surface area contributed by atoms with Gasteiger partial charge < -0.3 is 10.1 Å². The number of rotatable bonds is 9. The minimum Gasteiger partial charge on any atom is -0.496 e. The van der Waals surface area contributed by atoms with Gasteiger partial charge in [-0.15, -0.1) is 11.3 Å². The smallest absolute Gasteiger partial charge is 0.241 e. The highest BCUT2D eigenvalue weighted by Crippen LogP contribution is 2.32. The van der Waals surface area contributed by atoms with Crippen LogP contribution in [0.1, 0.15) is 26.0 Å². The summed E-state index contributed by atoms with van der Waals surface area (Å²) in [5.41, 5.74) is 2.76. The van der Waals surface area contributed by atoms with Crippen molar-refractivity contribution in [2.45, 2.75) is 32.9 Å². The number of anilines is 1. The zero-order valence-corrected chi connectivity index (χ0v) is 17.9. The number of benzene rings is 2. The van der Waals surface area contributed by atoms with E-state index in [-0.39, 0.29) is 11.9 Å². The fourth-order valence-electron chi connectivity index (χ4n) is 3.16. The molecule has 3 aromatic rings. The number of methoxy groups -OCH3 is 1. The molecule has 5 nitrogen and oxygen atoms in total. The predicted molar refractivity (Wildman–Crippen MR) is 119 cm³/mol. The van der Waals surface area contributed by atoms with Gasteiger partial charge in [-0.3, -0.25) is 9.69 Å². The highest BCUT2D eigenvalue weighted by molar-refractivity contribution is 7.13. The first-order valence-electron chi connectivity index (χ1n) is 9.80. The van der Waals surface area contributed by atoms with Crippen LogP contribution in [0.5, 0.6) is 5.75 Å². The van der Waals surface area contributed by atoms with Crippen LogP contribution in [0.2, 0.25) is 0 Å². The standard InChI is InChI=1S/C23H27N3O2S/c1-4-14-26(17(2)22(27)24-18-10-6-5-7-11-18)15-19-16-29-23(25-19)20-12-8-9-13-21(20)28-3/h5-13,16-17H,4,14-15H2,1-3H3,(H,24,27). The Morgan fingerprint density at radius 1 is 1.17 bits per heavy atom. The summed E-state index contributed by atoms with van der Waals surface area (Å²) in [7, 11) is 1.67. The quantitative estimate of drug-likeness (QED) is 0.537. The molecule has 1 heterocycles. The first-order valence-corrected chi connectivity index (χ1v) is 10.7. The molecule has 1 aromatic heterocycles. The third kappa shape index (κ3) is 5.43. The molecular weight excluding hydrogens is 382 g/mol. The molecule has 0 bridgehead atoms. The van der Waals surface area contributed by atoms with Crippen molar-refractivity contribution in [1.29, 1.82) is 0 Å². The number of hydrogen-bond acceptors (Lipinski definition) is 5. The van der Waals surface area contributed by atoms with Crippen LogP contribution < -0.4 is 10.1 Å². The van der Waals surface area contributed by atoms with E-state index in [0.29, 0.717) is 6.54 Å². The topological polar surface area (TPSA) is 54.5 Å². The molecule has 1 unspecified atom stereocenters. The number of hydrogen-bond donors (Lipinski definition) is 1. The van der Waals surface area contributed by atoms with Crippen LogP contribution in [0.3, 0.4) is 0 Å². The minimum atomic E-state index is -0.258. The zero-order chi connectivity index (χ0) is 20.6. The molecule has 0 aliphatic rings. The maximum absolute atomic E-state index is 12.7. The van der Waals surface area contributed by atoms with E-state index >= 15 is 0 Å². The maximum Gasteiger partial charge on any atom is 0.241 e. The van der Waals surface area contributed by atoms with E-state index in [9.17, 15) is 4.79 Å². The van der Waals surface area contributed by atoms with Crippen molar-refractivity contribution in [2.24, 2.45) is 0 Å². The number of para-hydroxylation sites is 2. The van der Waals surface area contributed by atoms with Crippen LogP contribution in [0.4, 0.5) is 5.69 Å². The summed E-state index contributed by atoms with van der Waals surface area (Å²) in [6.45, 7) is 5.52. The molecule has 0 aliphatic heterocycles. The Morgan fingerprint density at radius 3 is 2.62 bits per heavy atom. The second-order valence-electron chi connectivity index (χ2n) is 6.85. The molecule has 6 heteroatoms. The van der Waals surface area contributed by atoms with E-state index in [2.05, 4.69) is 22.5 Å². The number of nitrogens with zero attached hydrogens (tertiary/aromatic N) is 2. The van der Waals surface area contributed by atoms with Crippen molar-refractivity contribution in [3.8, 4) is 16.3 Å². The van der Waals surface area contributed by atoms with Crippen LogP contribution >= 0.6 is 11.3 Å². The van der Waals surface area contributed by atoms with Crippen LogP contribution in [-0.4, -0.2) is 35.5 Å². The monoisotopic (exact) mass is 409 g/mol. The Hall–Kier alpha value is -2.70. The van der Waals surface area contributed by atoms with E-state index < -0.39 is 0 Å². The van der Waals surface area contributed by atoms with Gasteiger partial charge in [-0.2, -0.15) is 0 Å². The predicted octanol–water partition coefficient (Wildman–Crippen LogP) is 5.06. The fourth-order valence-corrected chi connectivity index (χ4v) is 4.00. The highest BCUT2D eigenvalue weighted by atomic mass is 32.1. The molecular formula is C23H27N3O2S. The number of carbonyl (C=O) groups excluding carboxylic acids is 1. The fraction of sp³-hybridized carbons (Fsp3) is 0.304. The Morgan fingerprint density at radius 2 is 1.90 bits per heavy atom. The lowest BCUT2D eigenvalue weighted by atomic mass is 10.2. The van der Waals surface area contributed by atoms with Gasteiger partial charge in [0, 0.05) is 17.6 Å². The van der Waals surface area contributed by atoms with Crippen molar-refractivity contribution >= 4 is 22.9 Å². The summed E-state index contributed by atoms with van der Waals surface area (Å²) in [4.78, 5) is 19.7. The number of aromatic nitrogens is 1. The SMILES string of the molecule is CCCN(Cc1csc(-c2ccccc2OC)n1)C(C)C(=O)Nc1ccccc1. The molecule has 1 amide bonds. The Balaban J connectivity index is 1.72. The molecule has 1 N–H and O–H groups in total. The number of carbonyl (C=O) groups is 1. The second kappa shape index (κ2) is 10.2. The van der Waals surface area contributed by atoms with Crippen molar-refractivity contribution in [3.63, 3.8) is 0 Å². The van der Waals surface area contributed by atoms with Gasteiger partial charge in [-0.1, -0.05) is 37.3 Å². The normalized spacial score (nSPS) is 12.0. The second-order valence-corrected chi connectivity index (χ2v) is 7.70. The molecule has 3 rings (SSSR count). The zero-order valence-electron chi connectivity index (χ0n) is 17.1. The third-order valence-corrected chi connectivity index (χ3v) is 5.66. The van der Waals surface area contributed by atoms with Gasteiger partial charge in [0.25, 0.3) is 0 Å². The first-order chi connectivity index (χ1) is 14.1.